The Bertz CT molecular complexity index is 133. The zero-order valence-corrected chi connectivity index (χ0v) is 7.35. The van der Waals surface area contributed by atoms with Gasteiger partial charge in [0.15, 0.2) is 0 Å². The summed E-state index contributed by atoms with van der Waals surface area (Å²) in [6, 6.07) is 0. The van der Waals surface area contributed by atoms with Crippen molar-refractivity contribution in [2.24, 2.45) is 11.8 Å². The van der Waals surface area contributed by atoms with Crippen LogP contribution in [0.2, 0.25) is 0 Å². The molecule has 1 rings (SSSR count). The highest BCUT2D eigenvalue weighted by molar-refractivity contribution is 5.04. The molecule has 0 heterocycles. The van der Waals surface area contributed by atoms with Gasteiger partial charge in [0, 0.05) is 0 Å². The molecular formula is C10H18. The number of hydrogen-bond donors (Lipinski definition) is 0. The predicted octanol–water partition coefficient (Wildman–Crippen LogP) is 3.39. The Morgan fingerprint density at radius 1 is 1.30 bits per heavy atom. The van der Waals surface area contributed by atoms with Crippen LogP contribution in [0.5, 0.6) is 0 Å². The van der Waals surface area contributed by atoms with E-state index in [1.807, 2.05) is 0 Å². The lowest BCUT2D eigenvalue weighted by Gasteiger charge is -2.08. The molecule has 0 amide bonds. The molecule has 0 saturated carbocycles. The Morgan fingerprint density at radius 3 is 2.70 bits per heavy atom. The largest absolute Gasteiger partial charge is 0.0851 e. The highest BCUT2D eigenvalue weighted by atomic mass is 14.2. The summed E-state index contributed by atoms with van der Waals surface area (Å²) in [6.45, 7) is 6.95. The second-order valence-corrected chi connectivity index (χ2v) is 3.77. The van der Waals surface area contributed by atoms with Gasteiger partial charge in [-0.1, -0.05) is 25.5 Å². The Kier molecular flexibility index (Phi) is 2.53. The molecular weight excluding hydrogens is 120 g/mol. The van der Waals surface area contributed by atoms with Crippen molar-refractivity contribution < 1.29 is 0 Å². The molecule has 1 aliphatic carbocycles. The van der Waals surface area contributed by atoms with E-state index >= 15 is 0 Å². The molecule has 0 fully saturated rings. The first-order chi connectivity index (χ1) is 4.70. The van der Waals surface area contributed by atoms with Crippen LogP contribution >= 0.6 is 0 Å². The van der Waals surface area contributed by atoms with Gasteiger partial charge in [0.1, 0.15) is 0 Å². The number of allylic oxidation sites excluding steroid dienone is 2. The molecule has 0 nitrogen and oxygen atoms in total. The molecule has 0 heteroatoms. The molecule has 0 aromatic heterocycles. The van der Waals surface area contributed by atoms with Crippen molar-refractivity contribution in [3.05, 3.63) is 11.6 Å². The lowest BCUT2D eigenvalue weighted by Crippen LogP contribution is -1.95. The van der Waals surface area contributed by atoms with E-state index in [9.17, 15) is 0 Å². The fourth-order valence-electron chi connectivity index (χ4n) is 1.47. The predicted molar refractivity (Wildman–Crippen MR) is 45.9 cm³/mol. The second-order valence-electron chi connectivity index (χ2n) is 3.77. The van der Waals surface area contributed by atoms with E-state index in [-0.39, 0.29) is 0 Å². The van der Waals surface area contributed by atoms with Crippen molar-refractivity contribution in [2.45, 2.75) is 40.0 Å². The maximum absolute atomic E-state index is 2.42. The summed E-state index contributed by atoms with van der Waals surface area (Å²) in [5.74, 6) is 1.75. The van der Waals surface area contributed by atoms with Crippen LogP contribution in [-0.2, 0) is 0 Å². The van der Waals surface area contributed by atoms with Crippen molar-refractivity contribution in [3.8, 4) is 0 Å². The summed E-state index contributed by atoms with van der Waals surface area (Å²) < 4.78 is 0. The second kappa shape index (κ2) is 3.23. The molecule has 0 bridgehead atoms. The summed E-state index contributed by atoms with van der Waals surface area (Å²) in [4.78, 5) is 0. The van der Waals surface area contributed by atoms with Gasteiger partial charge in [-0.05, 0) is 38.0 Å². The summed E-state index contributed by atoms with van der Waals surface area (Å²) >= 11 is 0. The Morgan fingerprint density at radius 2 is 2.00 bits per heavy atom. The van der Waals surface area contributed by atoms with Crippen LogP contribution in [0.3, 0.4) is 0 Å². The van der Waals surface area contributed by atoms with E-state index in [1.165, 1.54) is 19.3 Å². The minimum absolute atomic E-state index is 0.838. The van der Waals surface area contributed by atoms with E-state index in [0.717, 1.165) is 11.8 Å². The zero-order valence-electron chi connectivity index (χ0n) is 7.35. The van der Waals surface area contributed by atoms with Crippen LogP contribution in [0.25, 0.3) is 0 Å². The molecule has 1 aliphatic rings. The van der Waals surface area contributed by atoms with Gasteiger partial charge in [-0.25, -0.2) is 0 Å². The van der Waals surface area contributed by atoms with Gasteiger partial charge < -0.3 is 0 Å². The fraction of sp³-hybridized carbons (Fsp3) is 0.800. The van der Waals surface area contributed by atoms with Crippen LogP contribution in [-0.4, -0.2) is 0 Å². The van der Waals surface area contributed by atoms with Gasteiger partial charge in [0.25, 0.3) is 0 Å². The van der Waals surface area contributed by atoms with Gasteiger partial charge in [0.05, 0.1) is 0 Å². The maximum Gasteiger partial charge on any atom is -0.0234 e. The minimum atomic E-state index is 0.838. The van der Waals surface area contributed by atoms with Crippen LogP contribution in [0.15, 0.2) is 11.6 Å². The average Bonchev–Trinajstić information content (AvgIpc) is 2.04. The Hall–Kier alpha value is -0.260. The smallest absolute Gasteiger partial charge is 0.0234 e. The summed E-state index contributed by atoms with van der Waals surface area (Å²) in [5.41, 5.74) is 1.60. The fourth-order valence-corrected chi connectivity index (χ4v) is 1.47. The number of rotatable bonds is 0. The highest BCUT2D eigenvalue weighted by Gasteiger charge is 2.11. The van der Waals surface area contributed by atoms with Crippen molar-refractivity contribution in [1.82, 2.24) is 0 Å². The molecule has 0 aliphatic heterocycles. The third-order valence-corrected chi connectivity index (χ3v) is 2.71. The van der Waals surface area contributed by atoms with E-state index in [1.54, 1.807) is 5.57 Å². The summed E-state index contributed by atoms with van der Waals surface area (Å²) in [6.07, 6.45) is 6.52. The monoisotopic (exact) mass is 138 g/mol. The van der Waals surface area contributed by atoms with Gasteiger partial charge in [0.2, 0.25) is 0 Å². The van der Waals surface area contributed by atoms with Crippen molar-refractivity contribution in [2.75, 3.05) is 0 Å². The molecule has 2 atom stereocenters. The van der Waals surface area contributed by atoms with Crippen LogP contribution < -0.4 is 0 Å². The van der Waals surface area contributed by atoms with Crippen LogP contribution in [0.1, 0.15) is 40.0 Å². The van der Waals surface area contributed by atoms with E-state index in [2.05, 4.69) is 26.8 Å². The van der Waals surface area contributed by atoms with Crippen molar-refractivity contribution in [1.29, 1.82) is 0 Å². The van der Waals surface area contributed by atoms with Gasteiger partial charge >= 0.3 is 0 Å². The van der Waals surface area contributed by atoms with Crippen LogP contribution in [0.4, 0.5) is 0 Å². The first-order valence-corrected chi connectivity index (χ1v) is 4.37. The molecule has 58 valence electrons. The first kappa shape index (κ1) is 7.84. The Labute approximate surface area is 64.3 Å². The molecule has 10 heavy (non-hydrogen) atoms. The molecule has 0 aromatic rings. The SMILES string of the molecule is CC1=CCC(C)CCC1C. The normalized spacial score (nSPS) is 34.9. The third kappa shape index (κ3) is 1.86. The van der Waals surface area contributed by atoms with Gasteiger partial charge in [-0.15, -0.1) is 0 Å². The van der Waals surface area contributed by atoms with Gasteiger partial charge in [-0.3, -0.25) is 0 Å². The van der Waals surface area contributed by atoms with Crippen molar-refractivity contribution >= 4 is 0 Å². The minimum Gasteiger partial charge on any atom is -0.0851 e. The third-order valence-electron chi connectivity index (χ3n) is 2.71. The van der Waals surface area contributed by atoms with E-state index in [4.69, 9.17) is 0 Å². The maximum atomic E-state index is 2.42. The average molecular weight is 138 g/mol. The topological polar surface area (TPSA) is 0 Å². The van der Waals surface area contributed by atoms with Gasteiger partial charge in [-0.2, -0.15) is 0 Å². The van der Waals surface area contributed by atoms with Crippen LogP contribution in [0, 0.1) is 11.8 Å². The molecule has 0 spiro atoms. The molecule has 0 radical (unpaired) electrons. The molecule has 0 saturated heterocycles. The lowest BCUT2D eigenvalue weighted by molar-refractivity contribution is 0.487. The van der Waals surface area contributed by atoms with E-state index in [0.29, 0.717) is 0 Å². The molecule has 0 aromatic carbocycles. The Balaban J connectivity index is 2.55. The first-order valence-electron chi connectivity index (χ1n) is 4.37. The van der Waals surface area contributed by atoms with Crippen molar-refractivity contribution in [3.63, 3.8) is 0 Å². The quantitative estimate of drug-likeness (QED) is 0.450. The summed E-state index contributed by atoms with van der Waals surface area (Å²) in [7, 11) is 0. The number of hydrogen-bond acceptors (Lipinski definition) is 0. The summed E-state index contributed by atoms with van der Waals surface area (Å²) in [5, 5.41) is 0. The highest BCUT2D eigenvalue weighted by Crippen LogP contribution is 2.25. The van der Waals surface area contributed by atoms with E-state index < -0.39 is 0 Å². The standard InChI is InChI=1S/C10H18/c1-8-4-6-9(2)10(3)7-5-8/h6,8,10H,4-5,7H2,1-3H3. The lowest BCUT2D eigenvalue weighted by atomic mass is 9.97. The molecule has 2 unspecified atom stereocenters. The molecule has 0 N–H and O–H groups in total. The zero-order chi connectivity index (χ0) is 7.56.